The van der Waals surface area contributed by atoms with E-state index in [9.17, 15) is 0 Å². The molecule has 0 amide bonds. The summed E-state index contributed by atoms with van der Waals surface area (Å²) in [4.78, 5) is 4.37. The summed E-state index contributed by atoms with van der Waals surface area (Å²) in [6.45, 7) is 0.824. The molecule has 0 bridgehead atoms. The Bertz CT molecular complexity index is 491. The van der Waals surface area contributed by atoms with E-state index in [1.165, 1.54) is 19.3 Å². The van der Waals surface area contributed by atoms with Crippen LogP contribution >= 0.6 is 0 Å². The Balaban J connectivity index is 1.71. The van der Waals surface area contributed by atoms with E-state index in [4.69, 9.17) is 4.74 Å². The summed E-state index contributed by atoms with van der Waals surface area (Å²) in [7, 11) is 0. The number of para-hydroxylation sites is 1. The van der Waals surface area contributed by atoms with Crippen molar-refractivity contribution in [1.29, 1.82) is 0 Å². The lowest BCUT2D eigenvalue weighted by molar-refractivity contribution is 0.302. The molecule has 3 rings (SSSR count). The van der Waals surface area contributed by atoms with Crippen molar-refractivity contribution in [3.05, 3.63) is 36.5 Å². The molecule has 0 N–H and O–H groups in total. The van der Waals surface area contributed by atoms with Crippen LogP contribution in [0.25, 0.3) is 10.9 Å². The van der Waals surface area contributed by atoms with Gasteiger partial charge in [-0.25, -0.2) is 0 Å². The maximum absolute atomic E-state index is 5.70. The van der Waals surface area contributed by atoms with E-state index in [2.05, 4.69) is 17.1 Å². The van der Waals surface area contributed by atoms with Gasteiger partial charge in [-0.3, -0.25) is 4.98 Å². The van der Waals surface area contributed by atoms with Gasteiger partial charge in [0.05, 0.1) is 18.3 Å². The molecule has 0 aliphatic heterocycles. The number of ether oxygens (including phenoxy) is 1. The number of aromatic nitrogens is 1. The van der Waals surface area contributed by atoms with Gasteiger partial charge in [0.1, 0.15) is 5.75 Å². The predicted octanol–water partition coefficient (Wildman–Crippen LogP) is 3.41. The summed E-state index contributed by atoms with van der Waals surface area (Å²) in [6, 6.07) is 10.2. The molecule has 16 heavy (non-hydrogen) atoms. The van der Waals surface area contributed by atoms with Crippen LogP contribution in [0.2, 0.25) is 0 Å². The van der Waals surface area contributed by atoms with E-state index in [1.54, 1.807) is 0 Å². The second kappa shape index (κ2) is 4.12. The maximum Gasteiger partial charge on any atom is 0.138 e. The quantitative estimate of drug-likeness (QED) is 0.776. The van der Waals surface area contributed by atoms with Gasteiger partial charge < -0.3 is 4.74 Å². The fourth-order valence-corrected chi connectivity index (χ4v) is 1.88. The minimum Gasteiger partial charge on any atom is -0.492 e. The SMILES string of the molecule is c1ccc2ncc(OCCC3CC3)cc2c1. The molecular weight excluding hydrogens is 198 g/mol. The highest BCUT2D eigenvalue weighted by molar-refractivity contribution is 5.79. The number of nitrogens with zero attached hydrogens (tertiary/aromatic N) is 1. The average molecular weight is 213 g/mol. The topological polar surface area (TPSA) is 22.1 Å². The van der Waals surface area contributed by atoms with Crippen LogP contribution in [0.5, 0.6) is 5.75 Å². The summed E-state index contributed by atoms with van der Waals surface area (Å²) in [5, 5.41) is 1.14. The minimum absolute atomic E-state index is 0.824. The van der Waals surface area contributed by atoms with Crippen molar-refractivity contribution in [3.8, 4) is 5.75 Å². The molecule has 1 fully saturated rings. The van der Waals surface area contributed by atoms with E-state index in [-0.39, 0.29) is 0 Å². The molecule has 1 aliphatic carbocycles. The zero-order chi connectivity index (χ0) is 10.8. The standard InChI is InChI=1S/C14H15NO/c1-2-4-14-12(3-1)9-13(10-15-14)16-8-7-11-5-6-11/h1-4,9-11H,5-8H2. The molecule has 1 aliphatic rings. The predicted molar refractivity (Wildman–Crippen MR) is 64.6 cm³/mol. The van der Waals surface area contributed by atoms with E-state index < -0.39 is 0 Å². The van der Waals surface area contributed by atoms with Gasteiger partial charge in [-0.15, -0.1) is 0 Å². The van der Waals surface area contributed by atoms with E-state index in [0.29, 0.717) is 0 Å². The fraction of sp³-hybridized carbons (Fsp3) is 0.357. The highest BCUT2D eigenvalue weighted by Gasteiger charge is 2.20. The van der Waals surface area contributed by atoms with Gasteiger partial charge >= 0.3 is 0 Å². The Morgan fingerprint density at radius 1 is 1.25 bits per heavy atom. The first-order chi connectivity index (χ1) is 7.92. The van der Waals surface area contributed by atoms with Crippen LogP contribution in [0, 0.1) is 5.92 Å². The molecule has 2 aromatic rings. The first-order valence-corrected chi connectivity index (χ1v) is 5.89. The van der Waals surface area contributed by atoms with Crippen LogP contribution in [0.3, 0.4) is 0 Å². The largest absolute Gasteiger partial charge is 0.492 e. The Labute approximate surface area is 95.3 Å². The Morgan fingerprint density at radius 2 is 2.12 bits per heavy atom. The molecule has 1 saturated carbocycles. The first-order valence-electron chi connectivity index (χ1n) is 5.89. The third kappa shape index (κ3) is 2.16. The summed E-state index contributed by atoms with van der Waals surface area (Å²) >= 11 is 0. The molecule has 0 radical (unpaired) electrons. The molecular formula is C14H15NO. The lowest BCUT2D eigenvalue weighted by atomic mass is 10.2. The molecule has 1 aromatic heterocycles. The van der Waals surface area contributed by atoms with Crippen LogP contribution < -0.4 is 4.74 Å². The first kappa shape index (κ1) is 9.64. The third-order valence-corrected chi connectivity index (χ3v) is 3.06. The molecule has 0 spiro atoms. The van der Waals surface area contributed by atoms with Gasteiger partial charge in [-0.05, 0) is 24.5 Å². The maximum atomic E-state index is 5.70. The monoisotopic (exact) mass is 213 g/mol. The third-order valence-electron chi connectivity index (χ3n) is 3.06. The van der Waals surface area contributed by atoms with Gasteiger partial charge in [0, 0.05) is 5.39 Å². The van der Waals surface area contributed by atoms with Crippen molar-refractivity contribution in [3.63, 3.8) is 0 Å². The summed E-state index contributed by atoms with van der Waals surface area (Å²) < 4.78 is 5.70. The average Bonchev–Trinajstić information content (AvgIpc) is 3.13. The molecule has 2 heteroatoms. The summed E-state index contributed by atoms with van der Waals surface area (Å²) in [5.41, 5.74) is 1.03. The Hall–Kier alpha value is -1.57. The Kier molecular flexibility index (Phi) is 2.49. The van der Waals surface area contributed by atoms with Gasteiger partial charge in [-0.2, -0.15) is 0 Å². The molecule has 2 nitrogen and oxygen atoms in total. The fourth-order valence-electron chi connectivity index (χ4n) is 1.88. The molecule has 1 aromatic carbocycles. The summed E-state index contributed by atoms with van der Waals surface area (Å²) in [5.74, 6) is 1.81. The number of hydrogen-bond donors (Lipinski definition) is 0. The lowest BCUT2D eigenvalue weighted by Gasteiger charge is -2.05. The zero-order valence-electron chi connectivity index (χ0n) is 9.23. The van der Waals surface area contributed by atoms with Crippen LogP contribution in [-0.2, 0) is 0 Å². The molecule has 1 heterocycles. The van der Waals surface area contributed by atoms with Gasteiger partial charge in [0.15, 0.2) is 0 Å². The molecule has 0 saturated heterocycles. The van der Waals surface area contributed by atoms with Crippen molar-refractivity contribution in [2.45, 2.75) is 19.3 Å². The van der Waals surface area contributed by atoms with E-state index in [0.717, 1.165) is 29.2 Å². The normalized spacial score (nSPS) is 15.2. The van der Waals surface area contributed by atoms with Crippen molar-refractivity contribution < 1.29 is 4.74 Å². The zero-order valence-corrected chi connectivity index (χ0v) is 9.23. The Morgan fingerprint density at radius 3 is 3.00 bits per heavy atom. The van der Waals surface area contributed by atoms with Crippen molar-refractivity contribution in [2.75, 3.05) is 6.61 Å². The van der Waals surface area contributed by atoms with Crippen LogP contribution in [0.15, 0.2) is 36.5 Å². The van der Waals surface area contributed by atoms with Crippen molar-refractivity contribution in [1.82, 2.24) is 4.98 Å². The van der Waals surface area contributed by atoms with E-state index >= 15 is 0 Å². The van der Waals surface area contributed by atoms with E-state index in [1.807, 2.05) is 24.4 Å². The molecule has 0 atom stereocenters. The minimum atomic E-state index is 0.824. The van der Waals surface area contributed by atoms with Crippen LogP contribution in [-0.4, -0.2) is 11.6 Å². The molecule has 82 valence electrons. The number of pyridine rings is 1. The van der Waals surface area contributed by atoms with Gasteiger partial charge in [0.25, 0.3) is 0 Å². The number of hydrogen-bond acceptors (Lipinski definition) is 2. The van der Waals surface area contributed by atoms with Crippen molar-refractivity contribution >= 4 is 10.9 Å². The highest BCUT2D eigenvalue weighted by Crippen LogP contribution is 2.32. The highest BCUT2D eigenvalue weighted by atomic mass is 16.5. The number of benzene rings is 1. The van der Waals surface area contributed by atoms with Gasteiger partial charge in [-0.1, -0.05) is 31.0 Å². The van der Waals surface area contributed by atoms with Crippen LogP contribution in [0.1, 0.15) is 19.3 Å². The summed E-state index contributed by atoms with van der Waals surface area (Å²) in [6.07, 6.45) is 5.78. The second-order valence-corrected chi connectivity index (χ2v) is 4.44. The van der Waals surface area contributed by atoms with Gasteiger partial charge in [0.2, 0.25) is 0 Å². The molecule has 0 unspecified atom stereocenters. The smallest absolute Gasteiger partial charge is 0.138 e. The van der Waals surface area contributed by atoms with Crippen LogP contribution in [0.4, 0.5) is 0 Å². The second-order valence-electron chi connectivity index (χ2n) is 4.44. The number of rotatable bonds is 4. The van der Waals surface area contributed by atoms with Crippen molar-refractivity contribution in [2.24, 2.45) is 5.92 Å². The lowest BCUT2D eigenvalue weighted by Crippen LogP contribution is -1.98. The number of fused-ring (bicyclic) bond motifs is 1.